The van der Waals surface area contributed by atoms with Crippen LogP contribution in [0.5, 0.6) is 0 Å². The third-order valence-corrected chi connectivity index (χ3v) is 9.76. The van der Waals surface area contributed by atoms with Crippen LogP contribution >= 0.6 is 0 Å². The third-order valence-electron chi connectivity index (χ3n) is 9.76. The van der Waals surface area contributed by atoms with E-state index in [0.717, 1.165) is 95.4 Å². The molecule has 1 amide bonds. The number of aryl methyl sites for hydroxylation is 1. The Hall–Kier alpha value is -4.06. The van der Waals surface area contributed by atoms with Crippen molar-refractivity contribution in [1.29, 1.82) is 0 Å². The van der Waals surface area contributed by atoms with E-state index in [1.165, 1.54) is 6.92 Å². The van der Waals surface area contributed by atoms with E-state index in [0.29, 0.717) is 28.9 Å². The van der Waals surface area contributed by atoms with Crippen LogP contribution in [0.1, 0.15) is 88.2 Å². The second-order valence-corrected chi connectivity index (χ2v) is 14.3. The highest BCUT2D eigenvalue weighted by Crippen LogP contribution is 2.32. The molecule has 2 aliphatic heterocycles. The van der Waals surface area contributed by atoms with E-state index in [2.05, 4.69) is 31.2 Å². The molecule has 0 radical (unpaired) electrons. The SMILES string of the molecule is CC(=O)c1c(C)c2cnc(Nc3ccc(N4CCN(CC5CCN(C(=O)OC(C)(C)C)CC5)CC4)cn3)nc2n(C2CCCC2)c1=O. The van der Waals surface area contributed by atoms with E-state index >= 15 is 0 Å². The van der Waals surface area contributed by atoms with Gasteiger partial charge in [0.15, 0.2) is 5.78 Å². The summed E-state index contributed by atoms with van der Waals surface area (Å²) in [7, 11) is 0. The molecule has 1 saturated carbocycles. The molecule has 252 valence electrons. The van der Waals surface area contributed by atoms with Crippen molar-refractivity contribution in [1.82, 2.24) is 29.3 Å². The number of carbonyl (C=O) groups excluding carboxylic acids is 2. The number of Topliss-reactive ketones (excluding diaryl/α,β-unsaturated/α-hetero) is 1. The lowest BCUT2D eigenvalue weighted by atomic mass is 9.96. The van der Waals surface area contributed by atoms with Gasteiger partial charge in [-0.1, -0.05) is 12.8 Å². The Morgan fingerprint density at radius 1 is 0.957 bits per heavy atom. The first-order valence-corrected chi connectivity index (χ1v) is 17.1. The average Bonchev–Trinajstić information content (AvgIpc) is 3.56. The number of carbonyl (C=O) groups is 2. The van der Waals surface area contributed by atoms with E-state index in [1.807, 2.05) is 37.9 Å². The van der Waals surface area contributed by atoms with Crippen molar-refractivity contribution >= 4 is 40.4 Å². The Labute approximate surface area is 276 Å². The van der Waals surface area contributed by atoms with Crippen molar-refractivity contribution in [2.45, 2.75) is 84.8 Å². The summed E-state index contributed by atoms with van der Waals surface area (Å²) in [4.78, 5) is 59.0. The minimum absolute atomic E-state index is 0.0292. The Balaban J connectivity index is 1.05. The quantitative estimate of drug-likeness (QED) is 0.338. The van der Waals surface area contributed by atoms with Crippen LogP contribution < -0.4 is 15.8 Å². The van der Waals surface area contributed by atoms with Crippen molar-refractivity contribution in [2.75, 3.05) is 56.0 Å². The van der Waals surface area contributed by atoms with Gasteiger partial charge in [0.1, 0.15) is 17.1 Å². The van der Waals surface area contributed by atoms with Crippen LogP contribution in [-0.2, 0) is 4.74 Å². The van der Waals surface area contributed by atoms with Crippen LogP contribution in [0.15, 0.2) is 29.3 Å². The molecule has 5 heterocycles. The standard InChI is InChI=1S/C35H48N8O4/c1-23-28-21-37-33(39-31(28)43(26-8-6-7-9-26)32(45)30(23)24(2)44)38-29-11-10-27(20-36-29)41-18-16-40(17-19-41)22-25-12-14-42(15-13-25)34(46)47-35(3,4)5/h10-11,20-21,25-26H,6-9,12-19,22H2,1-5H3,(H,36,37,38,39). The fourth-order valence-corrected chi connectivity index (χ4v) is 7.25. The number of hydrogen-bond donors (Lipinski definition) is 1. The van der Waals surface area contributed by atoms with Gasteiger partial charge in [0.05, 0.1) is 17.4 Å². The second-order valence-electron chi connectivity index (χ2n) is 14.3. The number of nitrogens with one attached hydrogen (secondary N) is 1. The Bertz CT molecular complexity index is 1660. The topological polar surface area (TPSA) is 126 Å². The van der Waals surface area contributed by atoms with E-state index < -0.39 is 5.60 Å². The molecule has 1 aliphatic carbocycles. The minimum Gasteiger partial charge on any atom is -0.444 e. The molecule has 47 heavy (non-hydrogen) atoms. The minimum atomic E-state index is -0.462. The lowest BCUT2D eigenvalue weighted by Crippen LogP contribution is -2.49. The monoisotopic (exact) mass is 644 g/mol. The summed E-state index contributed by atoms with van der Waals surface area (Å²) < 4.78 is 7.27. The van der Waals surface area contributed by atoms with Crippen LogP contribution in [0.25, 0.3) is 11.0 Å². The molecule has 3 aromatic rings. The number of nitrogens with zero attached hydrogens (tertiary/aromatic N) is 7. The molecule has 2 saturated heterocycles. The summed E-state index contributed by atoms with van der Waals surface area (Å²) >= 11 is 0. The summed E-state index contributed by atoms with van der Waals surface area (Å²) in [6, 6.07) is 4.03. The third kappa shape index (κ3) is 7.42. The fourth-order valence-electron chi connectivity index (χ4n) is 7.25. The first-order chi connectivity index (χ1) is 22.5. The van der Waals surface area contributed by atoms with Crippen molar-refractivity contribution in [3.63, 3.8) is 0 Å². The van der Waals surface area contributed by atoms with Crippen molar-refractivity contribution in [3.8, 4) is 0 Å². The number of hydrogen-bond acceptors (Lipinski definition) is 10. The number of aromatic nitrogens is 4. The number of amides is 1. The van der Waals surface area contributed by atoms with E-state index in [4.69, 9.17) is 9.72 Å². The Kier molecular flexibility index (Phi) is 9.50. The summed E-state index contributed by atoms with van der Waals surface area (Å²) in [6.45, 7) is 15.4. The lowest BCUT2D eigenvalue weighted by Gasteiger charge is -2.39. The lowest BCUT2D eigenvalue weighted by molar-refractivity contribution is 0.0168. The average molecular weight is 645 g/mol. The molecule has 0 unspecified atom stereocenters. The van der Waals surface area contributed by atoms with Crippen LogP contribution in [0, 0.1) is 12.8 Å². The van der Waals surface area contributed by atoms with E-state index in [9.17, 15) is 14.4 Å². The van der Waals surface area contributed by atoms with Crippen LogP contribution in [0.2, 0.25) is 0 Å². The summed E-state index contributed by atoms with van der Waals surface area (Å²) in [5, 5.41) is 3.94. The number of rotatable bonds is 7. The van der Waals surface area contributed by atoms with Gasteiger partial charge in [0.2, 0.25) is 5.95 Å². The molecule has 12 nitrogen and oxygen atoms in total. The number of ether oxygens (including phenoxy) is 1. The molecule has 3 aliphatic rings. The van der Waals surface area contributed by atoms with Gasteiger partial charge in [-0.2, -0.15) is 4.98 Å². The van der Waals surface area contributed by atoms with E-state index in [-0.39, 0.29) is 29.0 Å². The van der Waals surface area contributed by atoms with Crippen molar-refractivity contribution < 1.29 is 14.3 Å². The van der Waals surface area contributed by atoms with Crippen molar-refractivity contribution in [3.05, 3.63) is 46.0 Å². The van der Waals surface area contributed by atoms with Crippen molar-refractivity contribution in [2.24, 2.45) is 5.92 Å². The molecular formula is C35H48N8O4. The summed E-state index contributed by atoms with van der Waals surface area (Å²) in [5.41, 5.74) is 1.77. The first kappa shape index (κ1) is 32.9. The van der Waals surface area contributed by atoms with Gasteiger partial charge in [-0.25, -0.2) is 14.8 Å². The number of anilines is 3. The maximum atomic E-state index is 13.5. The number of likely N-dealkylation sites (tertiary alicyclic amines) is 1. The van der Waals surface area contributed by atoms with Gasteiger partial charge in [0, 0.05) is 63.4 Å². The maximum Gasteiger partial charge on any atom is 0.410 e. The number of fused-ring (bicyclic) bond motifs is 1. The van der Waals surface area contributed by atoms with Gasteiger partial charge in [-0.05, 0) is 83.9 Å². The Morgan fingerprint density at radius 2 is 1.66 bits per heavy atom. The zero-order valence-corrected chi connectivity index (χ0v) is 28.4. The molecule has 0 atom stereocenters. The molecule has 0 aromatic carbocycles. The smallest absolute Gasteiger partial charge is 0.410 e. The molecular weight excluding hydrogens is 596 g/mol. The van der Waals surface area contributed by atoms with Crippen LogP contribution in [-0.4, -0.2) is 92.6 Å². The summed E-state index contributed by atoms with van der Waals surface area (Å²) in [5.74, 6) is 1.35. The van der Waals surface area contributed by atoms with Gasteiger partial charge in [0.25, 0.3) is 5.56 Å². The Morgan fingerprint density at radius 3 is 2.28 bits per heavy atom. The number of pyridine rings is 2. The van der Waals surface area contributed by atoms with Gasteiger partial charge >= 0.3 is 6.09 Å². The predicted octanol–water partition coefficient (Wildman–Crippen LogP) is 5.33. The van der Waals surface area contributed by atoms with Crippen LogP contribution in [0.3, 0.4) is 0 Å². The van der Waals surface area contributed by atoms with Gasteiger partial charge in [-0.3, -0.25) is 19.1 Å². The zero-order valence-electron chi connectivity index (χ0n) is 28.4. The maximum absolute atomic E-state index is 13.5. The van der Waals surface area contributed by atoms with Gasteiger partial charge < -0.3 is 19.9 Å². The molecule has 0 spiro atoms. The molecule has 1 N–H and O–H groups in total. The molecule has 3 aromatic heterocycles. The highest BCUT2D eigenvalue weighted by atomic mass is 16.6. The predicted molar refractivity (Wildman–Crippen MR) is 183 cm³/mol. The fraction of sp³-hybridized carbons (Fsp3) is 0.600. The first-order valence-electron chi connectivity index (χ1n) is 17.1. The number of piperazine rings is 1. The normalized spacial score (nSPS) is 18.6. The summed E-state index contributed by atoms with van der Waals surface area (Å²) in [6.07, 6.45) is 9.31. The number of piperidine rings is 1. The van der Waals surface area contributed by atoms with Crippen LogP contribution in [0.4, 0.5) is 22.2 Å². The molecule has 0 bridgehead atoms. The zero-order chi connectivity index (χ0) is 33.3. The highest BCUT2D eigenvalue weighted by molar-refractivity contribution is 5.99. The molecule has 3 fully saturated rings. The largest absolute Gasteiger partial charge is 0.444 e. The molecule has 12 heteroatoms. The van der Waals surface area contributed by atoms with E-state index in [1.54, 1.807) is 17.7 Å². The van der Waals surface area contributed by atoms with Gasteiger partial charge in [-0.15, -0.1) is 0 Å². The molecule has 6 rings (SSSR count). The second kappa shape index (κ2) is 13.6. The number of ketones is 1. The highest BCUT2D eigenvalue weighted by Gasteiger charge is 2.29.